The lowest BCUT2D eigenvalue weighted by Crippen LogP contribution is -2.29. The first-order valence-corrected chi connectivity index (χ1v) is 6.62. The van der Waals surface area contributed by atoms with E-state index in [1.807, 2.05) is 0 Å². The molecular formula is C14H20N4. The molecule has 3 heterocycles. The lowest BCUT2D eigenvalue weighted by molar-refractivity contribution is 0.253. The van der Waals surface area contributed by atoms with Gasteiger partial charge < -0.3 is 15.0 Å². The highest BCUT2D eigenvalue weighted by molar-refractivity contribution is 5.43. The van der Waals surface area contributed by atoms with E-state index in [2.05, 4.69) is 40.9 Å². The Labute approximate surface area is 107 Å². The summed E-state index contributed by atoms with van der Waals surface area (Å²) >= 11 is 0. The molecule has 1 saturated heterocycles. The number of nitrogens with zero attached hydrogens (tertiary/aromatic N) is 3. The average molecular weight is 244 g/mol. The zero-order valence-corrected chi connectivity index (χ0v) is 10.8. The number of fused-ring (bicyclic) bond motifs is 1. The Morgan fingerprint density at radius 2 is 2.17 bits per heavy atom. The molecule has 18 heavy (non-hydrogen) atoms. The van der Waals surface area contributed by atoms with Gasteiger partial charge in [0.15, 0.2) is 0 Å². The van der Waals surface area contributed by atoms with Gasteiger partial charge in [0.1, 0.15) is 5.65 Å². The van der Waals surface area contributed by atoms with E-state index in [0.29, 0.717) is 12.5 Å². The third kappa shape index (κ3) is 2.13. The zero-order valence-electron chi connectivity index (χ0n) is 10.8. The van der Waals surface area contributed by atoms with Crippen LogP contribution in [0.3, 0.4) is 0 Å². The van der Waals surface area contributed by atoms with E-state index in [1.165, 1.54) is 31.6 Å². The van der Waals surface area contributed by atoms with Crippen molar-refractivity contribution >= 4 is 5.65 Å². The number of hydrogen-bond donors (Lipinski definition) is 1. The van der Waals surface area contributed by atoms with E-state index in [-0.39, 0.29) is 0 Å². The number of aromatic nitrogens is 2. The Hall–Kier alpha value is -1.39. The molecule has 0 saturated carbocycles. The summed E-state index contributed by atoms with van der Waals surface area (Å²) in [6.07, 6.45) is 6.66. The van der Waals surface area contributed by atoms with E-state index in [0.717, 1.165) is 11.2 Å². The molecule has 1 aliphatic rings. The predicted molar refractivity (Wildman–Crippen MR) is 72.6 cm³/mol. The number of nitrogens with two attached hydrogens (primary N) is 1. The molecule has 2 aromatic rings. The SMILES string of the molecule is CN1CCC(c2cn3ccc(CN)cc3n2)CC1. The van der Waals surface area contributed by atoms with Gasteiger partial charge in [-0.25, -0.2) is 4.98 Å². The molecule has 0 spiro atoms. The summed E-state index contributed by atoms with van der Waals surface area (Å²) in [4.78, 5) is 7.15. The minimum absolute atomic E-state index is 0.576. The molecule has 0 atom stereocenters. The van der Waals surface area contributed by atoms with Crippen LogP contribution in [0.15, 0.2) is 24.5 Å². The highest BCUT2D eigenvalue weighted by Crippen LogP contribution is 2.27. The standard InChI is InChI=1S/C14H20N4/c1-17-5-3-12(4-6-17)13-10-18-7-2-11(9-15)8-14(18)16-13/h2,7-8,10,12H,3-6,9,15H2,1H3. The Balaban J connectivity index is 1.88. The van der Waals surface area contributed by atoms with Crippen molar-refractivity contribution in [2.75, 3.05) is 20.1 Å². The van der Waals surface area contributed by atoms with Crippen LogP contribution in [0.4, 0.5) is 0 Å². The molecule has 1 aliphatic heterocycles. The fourth-order valence-corrected chi connectivity index (χ4v) is 2.67. The van der Waals surface area contributed by atoms with Gasteiger partial charge in [0, 0.05) is 24.9 Å². The van der Waals surface area contributed by atoms with Crippen molar-refractivity contribution in [1.82, 2.24) is 14.3 Å². The monoisotopic (exact) mass is 244 g/mol. The summed E-state index contributed by atoms with van der Waals surface area (Å²) in [6.45, 7) is 2.92. The summed E-state index contributed by atoms with van der Waals surface area (Å²) in [7, 11) is 2.19. The number of piperidine rings is 1. The van der Waals surface area contributed by atoms with Crippen LogP contribution in [0, 0.1) is 0 Å². The first-order chi connectivity index (χ1) is 8.76. The fraction of sp³-hybridized carbons (Fsp3) is 0.500. The quantitative estimate of drug-likeness (QED) is 0.873. The number of hydrogen-bond acceptors (Lipinski definition) is 3. The van der Waals surface area contributed by atoms with Gasteiger partial charge in [-0.2, -0.15) is 0 Å². The minimum atomic E-state index is 0.576. The molecular weight excluding hydrogens is 224 g/mol. The summed E-state index contributed by atoms with van der Waals surface area (Å²) in [5.41, 5.74) is 9.06. The van der Waals surface area contributed by atoms with Crippen molar-refractivity contribution in [1.29, 1.82) is 0 Å². The number of imidazole rings is 1. The summed E-state index contributed by atoms with van der Waals surface area (Å²) in [5.74, 6) is 0.613. The van der Waals surface area contributed by atoms with Gasteiger partial charge >= 0.3 is 0 Å². The molecule has 2 aromatic heterocycles. The van der Waals surface area contributed by atoms with Crippen LogP contribution < -0.4 is 5.73 Å². The van der Waals surface area contributed by atoms with Gasteiger partial charge in [-0.05, 0) is 50.7 Å². The third-order valence-corrected chi connectivity index (χ3v) is 3.92. The molecule has 2 N–H and O–H groups in total. The number of rotatable bonds is 2. The Bertz CT molecular complexity index is 538. The van der Waals surface area contributed by atoms with Crippen molar-refractivity contribution in [2.24, 2.45) is 5.73 Å². The normalized spacial score (nSPS) is 18.6. The first kappa shape index (κ1) is 11.7. The van der Waals surface area contributed by atoms with E-state index in [1.54, 1.807) is 0 Å². The molecule has 4 heteroatoms. The summed E-state index contributed by atoms with van der Waals surface area (Å²) in [6, 6.07) is 4.14. The maximum absolute atomic E-state index is 5.66. The molecule has 4 nitrogen and oxygen atoms in total. The smallest absolute Gasteiger partial charge is 0.137 e. The molecule has 3 rings (SSSR count). The predicted octanol–water partition coefficient (Wildman–Crippen LogP) is 1.60. The van der Waals surface area contributed by atoms with Crippen molar-refractivity contribution in [3.8, 4) is 0 Å². The van der Waals surface area contributed by atoms with Gasteiger partial charge in [-0.15, -0.1) is 0 Å². The van der Waals surface area contributed by atoms with Crippen LogP contribution in [0.5, 0.6) is 0 Å². The van der Waals surface area contributed by atoms with E-state index in [4.69, 9.17) is 10.7 Å². The van der Waals surface area contributed by atoms with Crippen LogP contribution in [0.25, 0.3) is 5.65 Å². The van der Waals surface area contributed by atoms with Crippen molar-refractivity contribution in [3.05, 3.63) is 35.8 Å². The van der Waals surface area contributed by atoms with Gasteiger partial charge in [0.2, 0.25) is 0 Å². The van der Waals surface area contributed by atoms with Crippen LogP contribution in [0.1, 0.15) is 30.0 Å². The molecule has 0 amide bonds. The summed E-state index contributed by atoms with van der Waals surface area (Å²) < 4.78 is 2.10. The summed E-state index contributed by atoms with van der Waals surface area (Å²) in [5, 5.41) is 0. The largest absolute Gasteiger partial charge is 0.326 e. The highest BCUT2D eigenvalue weighted by Gasteiger charge is 2.20. The molecule has 0 aliphatic carbocycles. The van der Waals surface area contributed by atoms with Crippen molar-refractivity contribution in [3.63, 3.8) is 0 Å². The molecule has 96 valence electrons. The number of likely N-dealkylation sites (tertiary alicyclic amines) is 1. The zero-order chi connectivity index (χ0) is 12.5. The Kier molecular flexibility index (Phi) is 3.06. The van der Waals surface area contributed by atoms with Crippen LogP contribution in [-0.2, 0) is 6.54 Å². The minimum Gasteiger partial charge on any atom is -0.326 e. The van der Waals surface area contributed by atoms with Gasteiger partial charge in [-0.1, -0.05) is 0 Å². The maximum atomic E-state index is 5.66. The van der Waals surface area contributed by atoms with Gasteiger partial charge in [0.25, 0.3) is 0 Å². The molecule has 1 fully saturated rings. The van der Waals surface area contributed by atoms with Crippen molar-refractivity contribution in [2.45, 2.75) is 25.3 Å². The van der Waals surface area contributed by atoms with Crippen LogP contribution >= 0.6 is 0 Å². The second-order valence-corrected chi connectivity index (χ2v) is 5.25. The first-order valence-electron chi connectivity index (χ1n) is 6.62. The highest BCUT2D eigenvalue weighted by atomic mass is 15.1. The lowest BCUT2D eigenvalue weighted by Gasteiger charge is -2.27. The van der Waals surface area contributed by atoms with E-state index in [9.17, 15) is 0 Å². The third-order valence-electron chi connectivity index (χ3n) is 3.92. The van der Waals surface area contributed by atoms with Crippen molar-refractivity contribution < 1.29 is 0 Å². The van der Waals surface area contributed by atoms with Crippen LogP contribution in [-0.4, -0.2) is 34.4 Å². The molecule has 0 aromatic carbocycles. The van der Waals surface area contributed by atoms with Gasteiger partial charge in [0.05, 0.1) is 5.69 Å². The van der Waals surface area contributed by atoms with E-state index >= 15 is 0 Å². The second-order valence-electron chi connectivity index (χ2n) is 5.25. The Morgan fingerprint density at radius 3 is 2.89 bits per heavy atom. The average Bonchev–Trinajstić information content (AvgIpc) is 2.82. The molecule has 0 bridgehead atoms. The Morgan fingerprint density at radius 1 is 1.39 bits per heavy atom. The van der Waals surface area contributed by atoms with Gasteiger partial charge in [-0.3, -0.25) is 0 Å². The maximum Gasteiger partial charge on any atom is 0.137 e. The lowest BCUT2D eigenvalue weighted by atomic mass is 9.94. The van der Waals surface area contributed by atoms with Crippen LogP contribution in [0.2, 0.25) is 0 Å². The fourth-order valence-electron chi connectivity index (χ4n) is 2.67. The van der Waals surface area contributed by atoms with E-state index < -0.39 is 0 Å². The topological polar surface area (TPSA) is 46.6 Å². The molecule has 0 unspecified atom stereocenters. The number of pyridine rings is 1. The molecule has 0 radical (unpaired) electrons. The second kappa shape index (κ2) is 4.71.